The minimum absolute atomic E-state index is 0.0593. The Bertz CT molecular complexity index is 884. The van der Waals surface area contributed by atoms with E-state index in [1.807, 2.05) is 24.3 Å². The first-order chi connectivity index (χ1) is 14.1. The van der Waals surface area contributed by atoms with Gasteiger partial charge in [0.05, 0.1) is 28.3 Å². The van der Waals surface area contributed by atoms with Gasteiger partial charge in [0.15, 0.2) is 0 Å². The van der Waals surface area contributed by atoms with Gasteiger partial charge in [-0.1, -0.05) is 24.3 Å². The molecule has 0 aromatic heterocycles. The molecule has 2 aromatic rings. The smallest absolute Gasteiger partial charge is 0.317 e. The maximum atomic E-state index is 12.0. The van der Waals surface area contributed by atoms with Gasteiger partial charge < -0.3 is 9.47 Å². The standard InChI is InChI=1S/C21H18N2O4S2/c1-2-26-20(24)11-21(25)27-12-19(15-3-7-17(8-4-15)22-13-28)16-5-9-18(10-6-16)23-14-29/h3-10,19H,2,11-12H2,1H3. The molecule has 0 aliphatic heterocycles. The summed E-state index contributed by atoms with van der Waals surface area (Å²) < 4.78 is 10.1. The highest BCUT2D eigenvalue weighted by atomic mass is 32.1. The van der Waals surface area contributed by atoms with Crippen molar-refractivity contribution in [2.75, 3.05) is 13.2 Å². The second-order valence-electron chi connectivity index (χ2n) is 5.81. The number of thiocarbonyl (C=S) groups is 2. The molecule has 0 aliphatic carbocycles. The third-order valence-electron chi connectivity index (χ3n) is 3.95. The van der Waals surface area contributed by atoms with E-state index in [0.29, 0.717) is 11.4 Å². The minimum Gasteiger partial charge on any atom is -0.466 e. The molecule has 0 radical (unpaired) electrons. The predicted octanol–water partition coefficient (Wildman–Crippen LogP) is 4.78. The van der Waals surface area contributed by atoms with E-state index in [9.17, 15) is 9.59 Å². The zero-order valence-electron chi connectivity index (χ0n) is 15.7. The molecular weight excluding hydrogens is 408 g/mol. The molecule has 6 nitrogen and oxygen atoms in total. The van der Waals surface area contributed by atoms with Crippen molar-refractivity contribution in [1.82, 2.24) is 0 Å². The first kappa shape index (κ1) is 22.3. The van der Waals surface area contributed by atoms with E-state index in [2.05, 4.69) is 44.7 Å². The number of nitrogens with zero attached hydrogens (tertiary/aromatic N) is 2. The van der Waals surface area contributed by atoms with E-state index in [1.54, 1.807) is 31.2 Å². The zero-order chi connectivity index (χ0) is 21.1. The van der Waals surface area contributed by atoms with E-state index in [0.717, 1.165) is 11.1 Å². The van der Waals surface area contributed by atoms with Crippen molar-refractivity contribution < 1.29 is 19.1 Å². The molecule has 0 saturated heterocycles. The van der Waals surface area contributed by atoms with Gasteiger partial charge in [-0.3, -0.25) is 9.59 Å². The molecule has 2 aromatic carbocycles. The van der Waals surface area contributed by atoms with Crippen LogP contribution < -0.4 is 0 Å². The molecular formula is C21H18N2O4S2. The molecule has 0 unspecified atom stereocenters. The summed E-state index contributed by atoms with van der Waals surface area (Å²) in [5.74, 6) is -1.51. The minimum atomic E-state index is -0.641. The van der Waals surface area contributed by atoms with Crippen LogP contribution in [0.5, 0.6) is 0 Å². The van der Waals surface area contributed by atoms with Crippen LogP contribution in [0.15, 0.2) is 58.5 Å². The number of rotatable bonds is 9. The summed E-state index contributed by atoms with van der Waals surface area (Å²) in [6, 6.07) is 14.7. The van der Waals surface area contributed by atoms with Gasteiger partial charge >= 0.3 is 11.9 Å². The Labute approximate surface area is 179 Å². The number of hydrogen-bond donors (Lipinski definition) is 0. The quantitative estimate of drug-likeness (QED) is 0.248. The highest BCUT2D eigenvalue weighted by Crippen LogP contribution is 2.28. The maximum Gasteiger partial charge on any atom is 0.317 e. The van der Waals surface area contributed by atoms with Crippen LogP contribution in [0.4, 0.5) is 11.4 Å². The molecule has 0 atom stereocenters. The fourth-order valence-electron chi connectivity index (χ4n) is 2.61. The summed E-state index contributed by atoms with van der Waals surface area (Å²) >= 11 is 9.24. The molecule has 2 rings (SSSR count). The number of benzene rings is 2. The van der Waals surface area contributed by atoms with Crippen LogP contribution in [-0.4, -0.2) is 35.5 Å². The number of isothiocyanates is 2. The fourth-order valence-corrected chi connectivity index (χ4v) is 2.82. The van der Waals surface area contributed by atoms with Crippen molar-refractivity contribution in [2.24, 2.45) is 9.98 Å². The monoisotopic (exact) mass is 426 g/mol. The van der Waals surface area contributed by atoms with Crippen LogP contribution in [-0.2, 0) is 19.1 Å². The fraction of sp³-hybridized carbons (Fsp3) is 0.238. The van der Waals surface area contributed by atoms with Crippen molar-refractivity contribution in [1.29, 1.82) is 0 Å². The van der Waals surface area contributed by atoms with Crippen molar-refractivity contribution in [3.63, 3.8) is 0 Å². The molecule has 0 heterocycles. The number of carbonyl (C=O) groups is 2. The first-order valence-electron chi connectivity index (χ1n) is 8.74. The second-order valence-corrected chi connectivity index (χ2v) is 6.17. The average molecular weight is 427 g/mol. The summed E-state index contributed by atoms with van der Waals surface area (Å²) in [7, 11) is 0. The first-order valence-corrected chi connectivity index (χ1v) is 9.56. The van der Waals surface area contributed by atoms with Crippen LogP contribution >= 0.6 is 24.4 Å². The summed E-state index contributed by atoms with van der Waals surface area (Å²) in [5.41, 5.74) is 3.16. The van der Waals surface area contributed by atoms with Gasteiger partial charge in [-0.15, -0.1) is 0 Å². The summed E-state index contributed by atoms with van der Waals surface area (Å²) in [4.78, 5) is 31.3. The molecule has 0 aliphatic rings. The largest absolute Gasteiger partial charge is 0.466 e. The molecule has 29 heavy (non-hydrogen) atoms. The van der Waals surface area contributed by atoms with Crippen molar-refractivity contribution in [3.8, 4) is 0 Å². The Balaban J connectivity index is 2.22. The van der Waals surface area contributed by atoms with Crippen LogP contribution in [0.1, 0.15) is 30.4 Å². The third-order valence-corrected chi connectivity index (χ3v) is 4.13. The van der Waals surface area contributed by atoms with Crippen LogP contribution in [0, 0.1) is 0 Å². The van der Waals surface area contributed by atoms with Gasteiger partial charge in [0, 0.05) is 5.92 Å². The topological polar surface area (TPSA) is 77.3 Å². The molecule has 0 N–H and O–H groups in total. The Morgan fingerprint density at radius 3 is 1.72 bits per heavy atom. The number of aliphatic imine (C=N–C) groups is 2. The number of ether oxygens (including phenoxy) is 2. The second kappa shape index (κ2) is 11.7. The van der Waals surface area contributed by atoms with E-state index in [1.165, 1.54) is 0 Å². The lowest BCUT2D eigenvalue weighted by molar-refractivity contribution is -0.154. The number of carbonyl (C=O) groups excluding carboxylic acids is 2. The lowest BCUT2D eigenvalue weighted by atomic mass is 9.91. The number of hydrogen-bond acceptors (Lipinski definition) is 8. The zero-order valence-corrected chi connectivity index (χ0v) is 17.3. The van der Waals surface area contributed by atoms with Gasteiger partial charge in [0.1, 0.15) is 13.0 Å². The number of esters is 2. The molecule has 0 fully saturated rings. The average Bonchev–Trinajstić information content (AvgIpc) is 2.71. The van der Waals surface area contributed by atoms with Gasteiger partial charge in [0.2, 0.25) is 0 Å². The van der Waals surface area contributed by atoms with Crippen LogP contribution in [0.3, 0.4) is 0 Å². The molecule has 0 saturated carbocycles. The van der Waals surface area contributed by atoms with Crippen LogP contribution in [0.2, 0.25) is 0 Å². The summed E-state index contributed by atoms with van der Waals surface area (Å²) in [6.45, 7) is 1.94. The normalized spacial score (nSPS) is 10.8. The lowest BCUT2D eigenvalue weighted by Gasteiger charge is -2.18. The van der Waals surface area contributed by atoms with Crippen molar-refractivity contribution in [2.45, 2.75) is 19.3 Å². The van der Waals surface area contributed by atoms with Crippen molar-refractivity contribution >= 4 is 58.1 Å². The molecule has 0 bridgehead atoms. The molecule has 8 heteroatoms. The lowest BCUT2D eigenvalue weighted by Crippen LogP contribution is -2.18. The van der Waals surface area contributed by atoms with Crippen LogP contribution in [0.25, 0.3) is 0 Å². The molecule has 148 valence electrons. The maximum absolute atomic E-state index is 12.0. The predicted molar refractivity (Wildman–Crippen MR) is 116 cm³/mol. The van der Waals surface area contributed by atoms with Gasteiger partial charge in [0.25, 0.3) is 0 Å². The Morgan fingerprint density at radius 2 is 1.31 bits per heavy atom. The van der Waals surface area contributed by atoms with Crippen molar-refractivity contribution in [3.05, 3.63) is 59.7 Å². The highest BCUT2D eigenvalue weighted by Gasteiger charge is 2.19. The SMILES string of the molecule is CCOC(=O)CC(=O)OCC(c1ccc(N=C=S)cc1)c1ccc(N=C=S)cc1. The third kappa shape index (κ3) is 7.14. The molecule has 0 spiro atoms. The van der Waals surface area contributed by atoms with E-state index in [-0.39, 0.29) is 19.1 Å². The van der Waals surface area contributed by atoms with Gasteiger partial charge in [-0.25, -0.2) is 0 Å². The van der Waals surface area contributed by atoms with Gasteiger partial charge in [-0.2, -0.15) is 9.98 Å². The molecule has 0 amide bonds. The van der Waals surface area contributed by atoms with E-state index in [4.69, 9.17) is 9.47 Å². The Kier molecular flexibility index (Phi) is 9.02. The van der Waals surface area contributed by atoms with E-state index < -0.39 is 18.4 Å². The Hall–Kier alpha value is -3.02. The summed E-state index contributed by atoms with van der Waals surface area (Å²) in [6.07, 6.45) is -0.425. The summed E-state index contributed by atoms with van der Waals surface area (Å²) in [5, 5.41) is 4.64. The highest BCUT2D eigenvalue weighted by molar-refractivity contribution is 7.78. The van der Waals surface area contributed by atoms with E-state index >= 15 is 0 Å². The Morgan fingerprint density at radius 1 is 0.862 bits per heavy atom. The van der Waals surface area contributed by atoms with Gasteiger partial charge in [-0.05, 0) is 66.8 Å².